The van der Waals surface area contributed by atoms with Crippen LogP contribution in [-0.4, -0.2) is 69.8 Å². The quantitative estimate of drug-likeness (QED) is 0.190. The Labute approximate surface area is 198 Å². The van der Waals surface area contributed by atoms with Crippen LogP contribution < -0.4 is 16.0 Å². The van der Waals surface area contributed by atoms with Crippen LogP contribution in [0, 0.1) is 5.92 Å². The number of ether oxygens (including phenoxy) is 3. The predicted octanol–water partition coefficient (Wildman–Crippen LogP) is 3.05. The highest BCUT2D eigenvalue weighted by Crippen LogP contribution is 2.19. The van der Waals surface area contributed by atoms with Crippen molar-refractivity contribution in [3.8, 4) is 0 Å². The van der Waals surface area contributed by atoms with Crippen LogP contribution in [0.5, 0.6) is 0 Å². The van der Waals surface area contributed by atoms with E-state index in [0.717, 1.165) is 77.5 Å². The van der Waals surface area contributed by atoms with Crippen molar-refractivity contribution in [3.63, 3.8) is 0 Å². The Bertz CT molecular complexity index is 514. The molecule has 1 heterocycles. The molecule has 0 radical (unpaired) electrons. The third kappa shape index (κ3) is 11.5. The lowest BCUT2D eigenvalue weighted by Crippen LogP contribution is -2.48. The van der Waals surface area contributed by atoms with Gasteiger partial charge < -0.3 is 30.2 Å². The van der Waals surface area contributed by atoms with Gasteiger partial charge in [-0.2, -0.15) is 0 Å². The number of rotatable bonds is 8. The molecular weight excluding hydrogens is 499 g/mol. The van der Waals surface area contributed by atoms with E-state index in [9.17, 15) is 4.79 Å². The molecule has 2 rings (SSSR count). The first-order chi connectivity index (χ1) is 13.9. The Morgan fingerprint density at radius 3 is 2.33 bits per heavy atom. The molecule has 2 fully saturated rings. The summed E-state index contributed by atoms with van der Waals surface area (Å²) in [6.45, 7) is 9.72. The van der Waals surface area contributed by atoms with Gasteiger partial charge in [0.25, 0.3) is 0 Å². The summed E-state index contributed by atoms with van der Waals surface area (Å²) in [5, 5.41) is 9.83. The second-order valence-electron chi connectivity index (χ2n) is 9.00. The summed E-state index contributed by atoms with van der Waals surface area (Å²) in [6, 6.07) is 0.553. The minimum Gasteiger partial charge on any atom is -0.444 e. The Balaban J connectivity index is 0.00000450. The van der Waals surface area contributed by atoms with E-state index in [-0.39, 0.29) is 36.1 Å². The second-order valence-corrected chi connectivity index (χ2v) is 9.00. The number of guanidine groups is 1. The number of aliphatic imine (C=N–C) groups is 1. The van der Waals surface area contributed by atoms with Crippen LogP contribution >= 0.6 is 24.0 Å². The van der Waals surface area contributed by atoms with Gasteiger partial charge in [0.05, 0.1) is 13.2 Å². The van der Waals surface area contributed by atoms with Crippen molar-refractivity contribution < 1.29 is 19.0 Å². The molecule has 0 spiro atoms. The van der Waals surface area contributed by atoms with Crippen LogP contribution in [0.2, 0.25) is 0 Å². The average molecular weight is 540 g/mol. The van der Waals surface area contributed by atoms with Gasteiger partial charge in [0, 0.05) is 44.8 Å². The lowest BCUT2D eigenvalue weighted by Gasteiger charge is -2.31. The minimum atomic E-state index is -0.461. The highest BCUT2D eigenvalue weighted by molar-refractivity contribution is 14.0. The molecule has 1 saturated heterocycles. The van der Waals surface area contributed by atoms with Crippen LogP contribution in [0.3, 0.4) is 0 Å². The maximum Gasteiger partial charge on any atom is 0.407 e. The lowest BCUT2D eigenvalue weighted by atomic mass is 9.91. The summed E-state index contributed by atoms with van der Waals surface area (Å²) in [6.07, 6.45) is 5.60. The van der Waals surface area contributed by atoms with Crippen molar-refractivity contribution in [2.45, 2.75) is 77.0 Å². The zero-order valence-electron chi connectivity index (χ0n) is 19.0. The summed E-state index contributed by atoms with van der Waals surface area (Å²) in [5.74, 6) is 1.40. The molecule has 30 heavy (non-hydrogen) atoms. The Kier molecular flexibility index (Phi) is 13.0. The van der Waals surface area contributed by atoms with E-state index in [1.54, 1.807) is 7.05 Å². The van der Waals surface area contributed by atoms with Gasteiger partial charge in [-0.15, -0.1) is 24.0 Å². The smallest absolute Gasteiger partial charge is 0.407 e. The number of carbonyl (C=O) groups is 1. The molecule has 1 atom stereocenters. The number of amides is 1. The third-order valence-electron chi connectivity index (χ3n) is 5.15. The topological polar surface area (TPSA) is 93.2 Å². The first kappa shape index (κ1) is 27.2. The molecule has 1 saturated carbocycles. The van der Waals surface area contributed by atoms with E-state index in [0.29, 0.717) is 12.0 Å². The maximum atomic E-state index is 11.9. The van der Waals surface area contributed by atoms with Gasteiger partial charge in [-0.1, -0.05) is 0 Å². The fourth-order valence-corrected chi connectivity index (χ4v) is 3.59. The van der Waals surface area contributed by atoms with E-state index in [1.807, 2.05) is 20.8 Å². The summed E-state index contributed by atoms with van der Waals surface area (Å²) in [5.41, 5.74) is -0.461. The first-order valence-corrected chi connectivity index (χ1v) is 11.0. The fraction of sp³-hybridized carbons (Fsp3) is 0.905. The molecule has 0 bridgehead atoms. The molecule has 176 valence electrons. The van der Waals surface area contributed by atoms with Gasteiger partial charge in [0.2, 0.25) is 0 Å². The molecule has 1 amide bonds. The molecule has 1 aliphatic heterocycles. The van der Waals surface area contributed by atoms with E-state index in [4.69, 9.17) is 14.2 Å². The van der Waals surface area contributed by atoms with Crippen molar-refractivity contribution in [1.29, 1.82) is 0 Å². The predicted molar refractivity (Wildman–Crippen MR) is 130 cm³/mol. The number of alkyl carbamates (subject to hydrolysis) is 1. The summed E-state index contributed by atoms with van der Waals surface area (Å²) in [4.78, 5) is 16.2. The SMILES string of the molecule is CN=C(NCCCOCC1CCOC1)NC1CCC(NC(=O)OC(C)(C)C)CC1.I. The fourth-order valence-electron chi connectivity index (χ4n) is 3.59. The van der Waals surface area contributed by atoms with Crippen LogP contribution in [0.15, 0.2) is 4.99 Å². The van der Waals surface area contributed by atoms with Gasteiger partial charge in [0.15, 0.2) is 5.96 Å². The highest BCUT2D eigenvalue weighted by atomic mass is 127. The summed E-state index contributed by atoms with van der Waals surface area (Å²) < 4.78 is 16.4. The largest absolute Gasteiger partial charge is 0.444 e. The number of hydrogen-bond acceptors (Lipinski definition) is 5. The van der Waals surface area contributed by atoms with Crippen molar-refractivity contribution in [3.05, 3.63) is 0 Å². The molecule has 0 aromatic rings. The number of halogens is 1. The van der Waals surface area contributed by atoms with Gasteiger partial charge in [-0.3, -0.25) is 4.99 Å². The van der Waals surface area contributed by atoms with Gasteiger partial charge in [0.1, 0.15) is 5.60 Å². The number of carbonyl (C=O) groups excluding carboxylic acids is 1. The maximum absolute atomic E-state index is 11.9. The van der Waals surface area contributed by atoms with Gasteiger partial charge in [-0.05, 0) is 59.3 Å². The number of nitrogens with one attached hydrogen (secondary N) is 3. The first-order valence-electron chi connectivity index (χ1n) is 11.0. The lowest BCUT2D eigenvalue weighted by molar-refractivity contribution is 0.0490. The zero-order valence-corrected chi connectivity index (χ0v) is 21.3. The molecule has 1 aliphatic carbocycles. The second kappa shape index (κ2) is 14.3. The Morgan fingerprint density at radius 2 is 1.77 bits per heavy atom. The third-order valence-corrected chi connectivity index (χ3v) is 5.15. The number of nitrogens with zero attached hydrogens (tertiary/aromatic N) is 1. The monoisotopic (exact) mass is 540 g/mol. The molecule has 8 nitrogen and oxygen atoms in total. The van der Waals surface area contributed by atoms with Crippen molar-refractivity contribution in [2.24, 2.45) is 10.9 Å². The molecule has 1 unspecified atom stereocenters. The molecule has 2 aliphatic rings. The molecule has 3 N–H and O–H groups in total. The van der Waals surface area contributed by atoms with Crippen molar-refractivity contribution >= 4 is 36.0 Å². The van der Waals surface area contributed by atoms with Crippen LogP contribution in [0.1, 0.15) is 59.3 Å². The van der Waals surface area contributed by atoms with Crippen molar-refractivity contribution in [2.75, 3.05) is 40.0 Å². The van der Waals surface area contributed by atoms with E-state index in [2.05, 4.69) is 20.9 Å². The Morgan fingerprint density at radius 1 is 1.10 bits per heavy atom. The normalized spacial score (nSPS) is 24.7. The van der Waals surface area contributed by atoms with Gasteiger partial charge >= 0.3 is 6.09 Å². The molecule has 9 heteroatoms. The molecule has 0 aromatic heterocycles. The van der Waals surface area contributed by atoms with E-state index >= 15 is 0 Å². The van der Waals surface area contributed by atoms with Crippen LogP contribution in [0.4, 0.5) is 4.79 Å². The minimum absolute atomic E-state index is 0. The summed E-state index contributed by atoms with van der Waals surface area (Å²) >= 11 is 0. The molecular formula is C21H41IN4O4. The average Bonchev–Trinajstić information content (AvgIpc) is 3.17. The highest BCUT2D eigenvalue weighted by Gasteiger charge is 2.25. The summed E-state index contributed by atoms with van der Waals surface area (Å²) in [7, 11) is 1.79. The zero-order chi connectivity index (χ0) is 21.1. The van der Waals surface area contributed by atoms with Crippen molar-refractivity contribution in [1.82, 2.24) is 16.0 Å². The van der Waals surface area contributed by atoms with E-state index < -0.39 is 5.60 Å². The van der Waals surface area contributed by atoms with Crippen LogP contribution in [0.25, 0.3) is 0 Å². The van der Waals surface area contributed by atoms with E-state index in [1.165, 1.54) is 0 Å². The standard InChI is InChI=1S/C21H40N4O4.HI/c1-21(2,3)29-20(26)25-18-8-6-17(7-9-18)24-19(22-4)23-11-5-12-27-14-16-10-13-28-15-16;/h16-18H,5-15H2,1-4H3,(H,25,26)(H2,22,23,24);1H. The number of hydrogen-bond donors (Lipinski definition) is 3. The molecule has 0 aromatic carbocycles. The van der Waals surface area contributed by atoms with Crippen LogP contribution in [-0.2, 0) is 14.2 Å². The Hall–Kier alpha value is -0.810. The van der Waals surface area contributed by atoms with Gasteiger partial charge in [-0.25, -0.2) is 4.79 Å².